The fourth-order valence-electron chi connectivity index (χ4n) is 10.1. The molecule has 6 heterocycles. The van der Waals surface area contributed by atoms with E-state index in [1.807, 2.05) is 0 Å². The summed E-state index contributed by atoms with van der Waals surface area (Å²) in [6.07, 6.45) is 5.23. The number of imidazole rings is 2. The Morgan fingerprint density at radius 2 is 0.890 bits per heavy atom. The van der Waals surface area contributed by atoms with Gasteiger partial charge in [-0.05, 0) is 83.9 Å². The second-order valence-electron chi connectivity index (χ2n) is 20.4. The predicted molar refractivity (Wildman–Crippen MR) is 309 cm³/mol. The van der Waals surface area contributed by atoms with E-state index in [2.05, 4.69) is 40.6 Å². The molecule has 0 fully saturated rings. The quantitative estimate of drug-likeness (QED) is 0.0352. The molecular formula is C64H46F8N12O7. The molecular weight excluding hydrogens is 1200 g/mol. The number of fused-ring (bicyclic) bond motifs is 2. The fourth-order valence-corrected chi connectivity index (χ4v) is 10.1. The number of carbonyl (C=O) groups is 2. The molecule has 0 saturated heterocycles. The van der Waals surface area contributed by atoms with Crippen LogP contribution in [0.3, 0.4) is 0 Å². The van der Waals surface area contributed by atoms with Gasteiger partial charge in [0.25, 0.3) is 0 Å². The molecule has 0 atom stereocenters. The van der Waals surface area contributed by atoms with Gasteiger partial charge >= 0.3 is 11.9 Å². The van der Waals surface area contributed by atoms with Crippen molar-refractivity contribution in [2.24, 2.45) is 0 Å². The molecule has 12 aromatic rings. The molecule has 0 spiro atoms. The number of carbonyl (C=O) groups excluding carboxylic acids is 2. The average Bonchev–Trinajstić information content (AvgIpc) is 1.69. The van der Waals surface area contributed by atoms with Crippen LogP contribution in [0.1, 0.15) is 54.6 Å². The Hall–Kier alpha value is -11.1. The van der Waals surface area contributed by atoms with Crippen molar-refractivity contribution in [2.45, 2.75) is 39.1 Å². The fraction of sp³-hybridized carbons (Fsp3) is 0.156. The number of esters is 2. The summed E-state index contributed by atoms with van der Waals surface area (Å²) in [4.78, 5) is 45.1. The minimum Gasteiger partial charge on any atom is -0.473 e. The SMILES string of the molecule is COCCn1c(Cc2cc(F)c(-c3cccc(OCc4ccc(-n5ccnn5)cc4F)n3)cc2F)nc2ccc(C(=O)OC(=O)c3ccc4nc(Cc5cc(F)c(-c6cccc(OCc7ccc(-n8ccnn8)cc7F)n6)cc5F)n(CCOC)c4c3F)c(F)c21. The van der Waals surface area contributed by atoms with Gasteiger partial charge in [0.05, 0.1) is 82.9 Å². The standard InChI is InChI=1S/C64H46F8N12O7/c1-87-23-21-81-55(27-37-25-49(69)43(31-47(37)67)51-5-3-7-57(77-51)89-33-35-9-11-39(29-45(35)65)83-19-17-73-79-83)75-53-15-13-41(59(71)61(53)81)63(85)91-64(86)42-14-16-54-62(60(42)72)82(22-24-88-2)56(76-54)28-38-26-50(70)44(32-48(38)68)52-6-4-8-58(78-52)90-34-36-10-12-40(30-46(36)66)84-20-18-74-80-84/h3-20,25-26,29-32H,21-24,27-28,33-34H2,1-2H3. The lowest BCUT2D eigenvalue weighted by molar-refractivity contribution is 0.0392. The summed E-state index contributed by atoms with van der Waals surface area (Å²) in [6.45, 7) is -0.743. The molecule has 0 bridgehead atoms. The molecule has 0 unspecified atom stereocenters. The summed E-state index contributed by atoms with van der Waals surface area (Å²) in [5.41, 5.74) is -1.69. The van der Waals surface area contributed by atoms with Gasteiger partial charge in [0.2, 0.25) is 11.8 Å². The Bertz CT molecular complexity index is 4440. The van der Waals surface area contributed by atoms with E-state index in [1.54, 1.807) is 24.5 Å². The Morgan fingerprint density at radius 1 is 0.462 bits per heavy atom. The molecule has 0 saturated carbocycles. The van der Waals surface area contributed by atoms with Crippen molar-refractivity contribution in [3.05, 3.63) is 238 Å². The van der Waals surface area contributed by atoms with Gasteiger partial charge in [-0.2, -0.15) is 0 Å². The highest BCUT2D eigenvalue weighted by molar-refractivity contribution is 6.05. The van der Waals surface area contributed by atoms with Crippen LogP contribution in [0, 0.1) is 46.5 Å². The van der Waals surface area contributed by atoms with Gasteiger partial charge in [-0.1, -0.05) is 34.7 Å². The summed E-state index contributed by atoms with van der Waals surface area (Å²) in [6, 6.07) is 25.8. The molecule has 0 aliphatic carbocycles. The Kier molecular flexibility index (Phi) is 17.2. The van der Waals surface area contributed by atoms with Crippen molar-refractivity contribution in [1.29, 1.82) is 0 Å². The van der Waals surface area contributed by atoms with E-state index < -0.39 is 69.6 Å². The lowest BCUT2D eigenvalue weighted by Crippen LogP contribution is -2.17. The van der Waals surface area contributed by atoms with E-state index in [0.29, 0.717) is 11.4 Å². The van der Waals surface area contributed by atoms with E-state index in [1.165, 1.54) is 118 Å². The number of rotatable bonds is 22. The molecule has 27 heteroatoms. The van der Waals surface area contributed by atoms with Crippen molar-refractivity contribution in [1.82, 2.24) is 59.1 Å². The topological polar surface area (TPSA) is 203 Å². The van der Waals surface area contributed by atoms with Crippen LogP contribution in [0.2, 0.25) is 0 Å². The Labute approximate surface area is 509 Å². The number of methoxy groups -OCH3 is 2. The van der Waals surface area contributed by atoms with Gasteiger partial charge in [0.1, 0.15) is 70.8 Å². The maximum absolute atomic E-state index is 16.8. The van der Waals surface area contributed by atoms with Crippen molar-refractivity contribution in [3.63, 3.8) is 0 Å². The number of hydrogen-bond donors (Lipinski definition) is 0. The smallest absolute Gasteiger partial charge is 0.349 e. The van der Waals surface area contributed by atoms with Crippen LogP contribution < -0.4 is 9.47 Å². The molecule has 460 valence electrons. The van der Waals surface area contributed by atoms with Crippen LogP contribution in [0.5, 0.6) is 11.8 Å². The highest BCUT2D eigenvalue weighted by Gasteiger charge is 2.29. The normalized spacial score (nSPS) is 11.5. The average molecular weight is 1250 g/mol. The number of pyridine rings is 2. The van der Waals surface area contributed by atoms with Gasteiger partial charge in [-0.15, -0.1) is 10.2 Å². The zero-order valence-corrected chi connectivity index (χ0v) is 47.8. The molecule has 91 heavy (non-hydrogen) atoms. The molecule has 0 aliphatic rings. The summed E-state index contributed by atoms with van der Waals surface area (Å²) >= 11 is 0. The Morgan fingerprint density at radius 3 is 1.29 bits per heavy atom. The second-order valence-corrected chi connectivity index (χ2v) is 20.4. The zero-order chi connectivity index (χ0) is 63.4. The second kappa shape index (κ2) is 25.9. The van der Waals surface area contributed by atoms with Crippen molar-refractivity contribution >= 4 is 34.0 Å². The van der Waals surface area contributed by atoms with E-state index in [0.717, 1.165) is 36.4 Å². The number of halogens is 8. The molecule has 0 aliphatic heterocycles. The monoisotopic (exact) mass is 1250 g/mol. The molecule has 6 aromatic heterocycles. The third kappa shape index (κ3) is 12.6. The van der Waals surface area contributed by atoms with E-state index in [4.69, 9.17) is 23.7 Å². The maximum Gasteiger partial charge on any atom is 0.349 e. The lowest BCUT2D eigenvalue weighted by atomic mass is 10.0. The third-order valence-electron chi connectivity index (χ3n) is 14.7. The summed E-state index contributed by atoms with van der Waals surface area (Å²) < 4.78 is 160. The van der Waals surface area contributed by atoms with E-state index in [-0.39, 0.29) is 143 Å². The third-order valence-corrected chi connectivity index (χ3v) is 14.7. The van der Waals surface area contributed by atoms with Crippen molar-refractivity contribution in [3.8, 4) is 45.6 Å². The first-order chi connectivity index (χ1) is 44.1. The summed E-state index contributed by atoms with van der Waals surface area (Å²) in [7, 11) is 2.75. The van der Waals surface area contributed by atoms with Crippen molar-refractivity contribution < 1.29 is 68.4 Å². The van der Waals surface area contributed by atoms with Gasteiger partial charge in [0, 0.05) is 86.7 Å². The van der Waals surface area contributed by atoms with Gasteiger partial charge in [0.15, 0.2) is 11.6 Å². The van der Waals surface area contributed by atoms with Crippen LogP contribution in [0.15, 0.2) is 146 Å². The molecule has 19 nitrogen and oxygen atoms in total. The number of hydrogen-bond acceptors (Lipinski definition) is 15. The zero-order valence-electron chi connectivity index (χ0n) is 47.8. The van der Waals surface area contributed by atoms with E-state index in [9.17, 15) is 18.4 Å². The van der Waals surface area contributed by atoms with Crippen molar-refractivity contribution in [2.75, 3.05) is 27.4 Å². The Balaban J connectivity index is 0.741. The first-order valence-corrected chi connectivity index (χ1v) is 27.7. The first kappa shape index (κ1) is 60.2. The number of aromatic nitrogens is 12. The predicted octanol–water partition coefficient (Wildman–Crippen LogP) is 11.4. The molecule has 12 rings (SSSR count). The minimum absolute atomic E-state index is 0.0000872. The lowest BCUT2D eigenvalue weighted by Gasteiger charge is -2.13. The summed E-state index contributed by atoms with van der Waals surface area (Å²) in [5.74, 6) is -10.1. The van der Waals surface area contributed by atoms with Crippen LogP contribution in [0.4, 0.5) is 35.1 Å². The van der Waals surface area contributed by atoms with Gasteiger partial charge < -0.3 is 32.8 Å². The van der Waals surface area contributed by atoms with E-state index >= 15 is 26.3 Å². The van der Waals surface area contributed by atoms with Gasteiger partial charge in [-0.25, -0.2) is 74.0 Å². The molecule has 0 N–H and O–H groups in total. The van der Waals surface area contributed by atoms with Gasteiger partial charge in [-0.3, -0.25) is 0 Å². The largest absolute Gasteiger partial charge is 0.473 e. The highest BCUT2D eigenvalue weighted by atomic mass is 19.2. The maximum atomic E-state index is 16.8. The van der Waals surface area contributed by atoms with Crippen LogP contribution in [-0.4, -0.2) is 98.4 Å². The minimum atomic E-state index is -1.52. The molecule has 0 amide bonds. The van der Waals surface area contributed by atoms with Crippen LogP contribution in [0.25, 0.3) is 56.0 Å². The number of benzene rings is 6. The highest BCUT2D eigenvalue weighted by Crippen LogP contribution is 2.33. The van der Waals surface area contributed by atoms with Crippen LogP contribution in [-0.2, 0) is 53.4 Å². The summed E-state index contributed by atoms with van der Waals surface area (Å²) in [5, 5.41) is 15.1. The number of ether oxygens (including phenoxy) is 5. The molecule has 6 aromatic carbocycles. The first-order valence-electron chi connectivity index (χ1n) is 27.7. The molecule has 0 radical (unpaired) electrons. The number of nitrogens with zero attached hydrogens (tertiary/aromatic N) is 12. The van der Waals surface area contributed by atoms with Crippen LogP contribution >= 0.6 is 0 Å².